The number of amides is 4. The highest BCUT2D eigenvalue weighted by Crippen LogP contribution is 2.36. The zero-order valence-electron chi connectivity index (χ0n) is 38.4. The number of nitrogens with one attached hydrogen (secondary N) is 4. The summed E-state index contributed by atoms with van der Waals surface area (Å²) >= 11 is 1.88. The van der Waals surface area contributed by atoms with Crippen LogP contribution in [0.15, 0.2) is 45.7 Å². The van der Waals surface area contributed by atoms with Gasteiger partial charge in [-0.15, -0.1) is 0 Å². The SMILES string of the molecule is CC1(C)CC(=O)C(C(CCOCCOCCOCCOCCNC(=O)CCCCC2SCC3NC(=O)NC32)=NCCNC(=O)c2cccc(OCC(N=[N+]=[N-])OCCOCC(=O)O)c2)=C(O)C1. The van der Waals surface area contributed by atoms with Gasteiger partial charge in [-0.25, -0.2) is 9.59 Å². The van der Waals surface area contributed by atoms with E-state index in [0.717, 1.165) is 25.0 Å². The molecule has 0 radical (unpaired) electrons. The van der Waals surface area contributed by atoms with Gasteiger partial charge in [-0.2, -0.15) is 11.8 Å². The van der Waals surface area contributed by atoms with E-state index in [-0.39, 0.29) is 106 Å². The van der Waals surface area contributed by atoms with Crippen molar-refractivity contribution in [3.63, 3.8) is 0 Å². The number of ether oxygens (including phenoxy) is 7. The molecule has 0 bridgehead atoms. The molecule has 4 rings (SSSR count). The fourth-order valence-electron chi connectivity index (χ4n) is 7.39. The van der Waals surface area contributed by atoms with Crippen LogP contribution in [0.3, 0.4) is 0 Å². The fourth-order valence-corrected chi connectivity index (χ4v) is 8.93. The van der Waals surface area contributed by atoms with Gasteiger partial charge in [-0.05, 0) is 42.0 Å². The summed E-state index contributed by atoms with van der Waals surface area (Å²) in [6, 6.07) is 6.64. The predicted molar refractivity (Wildman–Crippen MR) is 246 cm³/mol. The van der Waals surface area contributed by atoms with Crippen molar-refractivity contribution in [2.75, 3.05) is 105 Å². The molecule has 67 heavy (non-hydrogen) atoms. The second-order valence-electron chi connectivity index (χ2n) is 16.6. The molecule has 6 N–H and O–H groups in total. The van der Waals surface area contributed by atoms with Crippen LogP contribution >= 0.6 is 11.8 Å². The minimum absolute atomic E-state index is 0.00170. The Balaban J connectivity index is 1.05. The molecule has 2 aliphatic heterocycles. The van der Waals surface area contributed by atoms with Crippen LogP contribution < -0.4 is 26.0 Å². The molecule has 2 fully saturated rings. The number of fused-ring (bicyclic) bond motifs is 1. The minimum Gasteiger partial charge on any atom is -0.511 e. The average Bonchev–Trinajstić information content (AvgIpc) is 3.84. The molecule has 23 heteroatoms. The lowest BCUT2D eigenvalue weighted by Gasteiger charge is -2.30. The third-order valence-electron chi connectivity index (χ3n) is 10.5. The number of allylic oxidation sites excluding steroid dienone is 2. The number of aliphatic imine (C=N–C) groups is 1. The first kappa shape index (κ1) is 54.6. The average molecular weight is 963 g/mol. The van der Waals surface area contributed by atoms with Gasteiger partial charge >= 0.3 is 12.0 Å². The number of Topliss-reactive ketones (excluding diaryl/α,β-unsaturated/α-hetero) is 1. The van der Waals surface area contributed by atoms with Crippen molar-refractivity contribution in [3.8, 4) is 5.75 Å². The number of rotatable bonds is 35. The van der Waals surface area contributed by atoms with Gasteiger partial charge < -0.3 is 64.6 Å². The second-order valence-corrected chi connectivity index (χ2v) is 17.9. The van der Waals surface area contributed by atoms with Crippen molar-refractivity contribution in [1.29, 1.82) is 0 Å². The number of nitrogens with zero attached hydrogens (tertiary/aromatic N) is 4. The normalized spacial score (nSPS) is 19.3. The van der Waals surface area contributed by atoms with E-state index in [2.05, 4.69) is 36.3 Å². The number of carboxylic acids is 1. The summed E-state index contributed by atoms with van der Waals surface area (Å²) in [6.07, 6.45) is 2.99. The van der Waals surface area contributed by atoms with Gasteiger partial charge in [0, 0.05) is 60.3 Å². The standard InChI is InChI=1S/C44H66N8O14S/c1-44(2)25-34(53)40(35(54)26-44)32(46-11-12-48-42(58)30-6-5-7-31(24-30)66-27-38(51-52-45)65-23-22-64-28-39(56)57)10-14-60-16-18-62-20-21-63-19-17-61-15-13-47-37(55)9-4-3-8-36-41-33(29-67-36)49-43(59)50-41/h5-7,24,33,36,38,41,53H,3-4,8-23,25-29H2,1-2H3,(H,47,55)(H,48,58)(H,56,57)(H2,49,50,59). The maximum atomic E-state index is 13.2. The van der Waals surface area contributed by atoms with E-state index < -0.39 is 30.1 Å². The van der Waals surface area contributed by atoms with Gasteiger partial charge in [0.25, 0.3) is 5.91 Å². The lowest BCUT2D eigenvalue weighted by molar-refractivity contribution is -0.143. The largest absolute Gasteiger partial charge is 0.511 e. The molecule has 0 aromatic heterocycles. The first-order chi connectivity index (χ1) is 32.3. The summed E-state index contributed by atoms with van der Waals surface area (Å²) in [7, 11) is 0. The quantitative estimate of drug-likeness (QED) is 0.0142. The number of aliphatic hydroxyl groups is 1. The molecule has 2 saturated heterocycles. The molecule has 372 valence electrons. The van der Waals surface area contributed by atoms with Crippen LogP contribution in [-0.2, 0) is 42.8 Å². The lowest BCUT2D eigenvalue weighted by atomic mass is 9.75. The molecule has 3 aliphatic rings. The maximum Gasteiger partial charge on any atom is 0.329 e. The van der Waals surface area contributed by atoms with Crippen LogP contribution in [-0.4, -0.2) is 174 Å². The van der Waals surface area contributed by atoms with Crippen LogP contribution in [0, 0.1) is 5.41 Å². The zero-order valence-corrected chi connectivity index (χ0v) is 39.2. The number of aliphatic hydroxyl groups excluding tert-OH is 1. The number of thioether (sulfide) groups is 1. The number of ketones is 1. The predicted octanol–water partition coefficient (Wildman–Crippen LogP) is 3.49. The monoisotopic (exact) mass is 962 g/mol. The number of carboxylic acid groups (broad SMARTS) is 1. The maximum absolute atomic E-state index is 13.2. The molecule has 2 heterocycles. The number of benzene rings is 1. The van der Waals surface area contributed by atoms with Crippen molar-refractivity contribution < 1.29 is 67.3 Å². The highest BCUT2D eigenvalue weighted by molar-refractivity contribution is 8.00. The van der Waals surface area contributed by atoms with Gasteiger partial charge in [0.05, 0.1) is 96.0 Å². The first-order valence-electron chi connectivity index (χ1n) is 22.6. The number of urea groups is 1. The molecule has 1 aromatic rings. The Bertz CT molecular complexity index is 1880. The molecule has 4 unspecified atom stereocenters. The van der Waals surface area contributed by atoms with E-state index >= 15 is 0 Å². The Morgan fingerprint density at radius 3 is 2.34 bits per heavy atom. The molecular weight excluding hydrogens is 897 g/mol. The summed E-state index contributed by atoms with van der Waals surface area (Å²) in [6.45, 7) is 6.48. The number of carbonyl (C=O) groups excluding carboxylic acids is 4. The van der Waals surface area contributed by atoms with Crippen molar-refractivity contribution in [3.05, 3.63) is 51.6 Å². The zero-order chi connectivity index (χ0) is 48.3. The van der Waals surface area contributed by atoms with Crippen molar-refractivity contribution in [1.82, 2.24) is 21.3 Å². The summed E-state index contributed by atoms with van der Waals surface area (Å²) in [5.41, 5.74) is 9.34. The molecule has 22 nitrogen and oxygen atoms in total. The highest BCUT2D eigenvalue weighted by atomic mass is 32.2. The number of hydrogen-bond donors (Lipinski definition) is 6. The molecular formula is C44H66N8O14S. The number of unbranched alkanes of at least 4 members (excludes halogenated alkanes) is 1. The van der Waals surface area contributed by atoms with E-state index in [9.17, 15) is 29.1 Å². The Morgan fingerprint density at radius 2 is 1.63 bits per heavy atom. The van der Waals surface area contributed by atoms with Crippen molar-refractivity contribution in [2.24, 2.45) is 15.5 Å². The lowest BCUT2D eigenvalue weighted by Crippen LogP contribution is -2.36. The third-order valence-corrected chi connectivity index (χ3v) is 12.0. The van der Waals surface area contributed by atoms with Crippen LogP contribution in [0.4, 0.5) is 4.79 Å². The van der Waals surface area contributed by atoms with Gasteiger partial charge in [0.2, 0.25) is 5.91 Å². The van der Waals surface area contributed by atoms with E-state index in [0.29, 0.717) is 75.7 Å². The van der Waals surface area contributed by atoms with Crippen molar-refractivity contribution >= 4 is 47.1 Å². The van der Waals surface area contributed by atoms with Crippen LogP contribution in [0.5, 0.6) is 5.75 Å². The molecule has 0 spiro atoms. The molecule has 1 aromatic carbocycles. The summed E-state index contributed by atoms with van der Waals surface area (Å²) < 4.78 is 38.4. The number of hydrogen-bond acceptors (Lipinski definition) is 16. The molecule has 0 saturated carbocycles. The van der Waals surface area contributed by atoms with E-state index in [4.69, 9.17) is 43.8 Å². The number of carbonyl (C=O) groups is 5. The van der Waals surface area contributed by atoms with Crippen LogP contribution in [0.25, 0.3) is 10.4 Å². The van der Waals surface area contributed by atoms with E-state index in [1.807, 2.05) is 25.6 Å². The van der Waals surface area contributed by atoms with Crippen LogP contribution in [0.2, 0.25) is 0 Å². The van der Waals surface area contributed by atoms with Gasteiger partial charge in [-0.1, -0.05) is 31.4 Å². The van der Waals surface area contributed by atoms with E-state index in [1.165, 1.54) is 6.07 Å². The molecule has 4 amide bonds. The Morgan fingerprint density at radius 1 is 0.910 bits per heavy atom. The summed E-state index contributed by atoms with van der Waals surface area (Å²) in [5, 5.41) is 35.1. The second kappa shape index (κ2) is 30.4. The Hall–Kier alpha value is -5.00. The smallest absolute Gasteiger partial charge is 0.329 e. The number of aliphatic carboxylic acids is 1. The molecule has 4 atom stereocenters. The third kappa shape index (κ3) is 21.2. The van der Waals surface area contributed by atoms with Gasteiger partial charge in [-0.3, -0.25) is 19.4 Å². The highest BCUT2D eigenvalue weighted by Gasteiger charge is 2.42. The fraction of sp³-hybridized carbons (Fsp3) is 0.682. The van der Waals surface area contributed by atoms with Gasteiger partial charge in [0.15, 0.2) is 12.0 Å². The Kier molecular flexibility index (Phi) is 24.8. The van der Waals surface area contributed by atoms with Crippen molar-refractivity contribution in [2.45, 2.75) is 82.4 Å². The molecule has 1 aliphatic carbocycles. The number of azide groups is 1. The summed E-state index contributed by atoms with van der Waals surface area (Å²) in [4.78, 5) is 67.8. The minimum atomic E-state index is -1.12. The van der Waals surface area contributed by atoms with Crippen LogP contribution in [0.1, 0.15) is 69.2 Å². The summed E-state index contributed by atoms with van der Waals surface area (Å²) in [5.74, 6) is -0.510. The Labute approximate surface area is 394 Å². The van der Waals surface area contributed by atoms with Gasteiger partial charge in [0.1, 0.15) is 24.7 Å². The topological polar surface area (TPSA) is 300 Å². The first-order valence-corrected chi connectivity index (χ1v) is 23.6. The van der Waals surface area contributed by atoms with E-state index in [1.54, 1.807) is 18.2 Å².